The number of ether oxygens (including phenoxy) is 2. The maximum Gasteiger partial charge on any atom is 0.286 e. The van der Waals surface area contributed by atoms with Gasteiger partial charge in [0.15, 0.2) is 5.76 Å². The molecule has 1 aromatic heterocycles. The summed E-state index contributed by atoms with van der Waals surface area (Å²) >= 11 is 1.61. The zero-order chi connectivity index (χ0) is 24.2. The van der Waals surface area contributed by atoms with Gasteiger partial charge < -0.3 is 30.9 Å². The standard InChI is InChI=1S/C25H33N3O5S/c26-20-7-1-2-8-21(20)28-23(30)9-3-4-11-27-25(31)22-15-19(18-10-14-34-17-18)16-24(33-22)32-13-6-5-12-29/h1-2,7-8,10,14-15,17,19,24,29H,3-6,9,11-13,16,26H2,(H,27,31)(H,28,30)/t19-,24+/m0/s1. The third-order valence-electron chi connectivity index (χ3n) is 5.46. The number of nitrogen functional groups attached to an aromatic ring is 1. The molecule has 8 nitrogen and oxygen atoms in total. The van der Waals surface area contributed by atoms with E-state index in [4.69, 9.17) is 20.3 Å². The van der Waals surface area contributed by atoms with E-state index < -0.39 is 6.29 Å². The van der Waals surface area contributed by atoms with Crippen molar-refractivity contribution in [3.63, 3.8) is 0 Å². The lowest BCUT2D eigenvalue weighted by atomic mass is 9.95. The van der Waals surface area contributed by atoms with E-state index in [0.717, 1.165) is 12.0 Å². The Morgan fingerprint density at radius 2 is 2.03 bits per heavy atom. The molecule has 0 bridgehead atoms. The summed E-state index contributed by atoms with van der Waals surface area (Å²) in [6.45, 7) is 1.03. The highest BCUT2D eigenvalue weighted by Gasteiger charge is 2.28. The third-order valence-corrected chi connectivity index (χ3v) is 6.16. The predicted molar refractivity (Wildman–Crippen MR) is 133 cm³/mol. The van der Waals surface area contributed by atoms with Crippen LogP contribution in [-0.2, 0) is 19.1 Å². The predicted octanol–water partition coefficient (Wildman–Crippen LogP) is 3.76. The van der Waals surface area contributed by atoms with Crippen molar-refractivity contribution in [2.45, 2.75) is 50.7 Å². The second-order valence-electron chi connectivity index (χ2n) is 8.13. The Hall–Kier alpha value is -2.88. The highest BCUT2D eigenvalue weighted by atomic mass is 32.1. The van der Waals surface area contributed by atoms with Gasteiger partial charge in [0.25, 0.3) is 5.91 Å². The number of aliphatic hydroxyl groups is 1. The van der Waals surface area contributed by atoms with Crippen molar-refractivity contribution in [1.82, 2.24) is 5.32 Å². The number of rotatable bonds is 13. The highest BCUT2D eigenvalue weighted by Crippen LogP contribution is 2.32. The first-order valence-electron chi connectivity index (χ1n) is 11.6. The van der Waals surface area contributed by atoms with Crippen LogP contribution in [0.1, 0.15) is 50.0 Å². The molecule has 9 heteroatoms. The largest absolute Gasteiger partial charge is 0.459 e. The summed E-state index contributed by atoms with van der Waals surface area (Å²) in [5, 5.41) is 18.7. The normalized spacial score (nSPS) is 17.5. The summed E-state index contributed by atoms with van der Waals surface area (Å²) in [6.07, 6.45) is 5.00. The van der Waals surface area contributed by atoms with Crippen molar-refractivity contribution in [3.8, 4) is 0 Å². The van der Waals surface area contributed by atoms with Crippen LogP contribution in [0.2, 0.25) is 0 Å². The van der Waals surface area contributed by atoms with Gasteiger partial charge in [-0.25, -0.2) is 0 Å². The molecule has 2 heterocycles. The van der Waals surface area contributed by atoms with Crippen molar-refractivity contribution in [2.24, 2.45) is 0 Å². The minimum atomic E-state index is -0.511. The number of unbranched alkanes of at least 4 members (excludes halogenated alkanes) is 2. The number of nitrogens with one attached hydrogen (secondary N) is 2. The number of thiophene rings is 1. The molecule has 0 saturated heterocycles. The zero-order valence-electron chi connectivity index (χ0n) is 19.2. The highest BCUT2D eigenvalue weighted by molar-refractivity contribution is 7.08. The van der Waals surface area contributed by atoms with Crippen molar-refractivity contribution in [2.75, 3.05) is 30.8 Å². The Morgan fingerprint density at radius 3 is 2.79 bits per heavy atom. The number of aliphatic hydroxyl groups excluding tert-OH is 1. The molecule has 0 saturated carbocycles. The smallest absolute Gasteiger partial charge is 0.286 e. The number of para-hydroxylation sites is 2. The molecular formula is C25H33N3O5S. The lowest BCUT2D eigenvalue weighted by molar-refractivity contribution is -0.146. The van der Waals surface area contributed by atoms with E-state index in [2.05, 4.69) is 16.0 Å². The lowest BCUT2D eigenvalue weighted by Gasteiger charge is -2.29. The second kappa shape index (κ2) is 13.7. The lowest BCUT2D eigenvalue weighted by Crippen LogP contribution is -2.33. The van der Waals surface area contributed by atoms with E-state index in [0.29, 0.717) is 56.6 Å². The van der Waals surface area contributed by atoms with Crippen LogP contribution in [0.5, 0.6) is 0 Å². The number of nitrogens with two attached hydrogens (primary N) is 1. The van der Waals surface area contributed by atoms with Crippen LogP contribution in [0.4, 0.5) is 11.4 Å². The first kappa shape index (κ1) is 25.7. The zero-order valence-corrected chi connectivity index (χ0v) is 20.0. The first-order valence-corrected chi connectivity index (χ1v) is 12.6. The molecular weight excluding hydrogens is 454 g/mol. The molecule has 3 rings (SSSR count). The number of carbonyl (C=O) groups excluding carboxylic acids is 2. The van der Waals surface area contributed by atoms with Gasteiger partial charge in [-0.05, 0) is 66.3 Å². The summed E-state index contributed by atoms with van der Waals surface area (Å²) in [5.41, 5.74) is 8.11. The van der Waals surface area contributed by atoms with Crippen LogP contribution in [-0.4, -0.2) is 43.0 Å². The van der Waals surface area contributed by atoms with Gasteiger partial charge >= 0.3 is 0 Å². The molecule has 0 radical (unpaired) electrons. The summed E-state index contributed by atoms with van der Waals surface area (Å²) in [5.74, 6) is -0.0997. The van der Waals surface area contributed by atoms with Gasteiger partial charge in [-0.15, -0.1) is 0 Å². The van der Waals surface area contributed by atoms with Crippen molar-refractivity contribution in [3.05, 3.63) is 58.5 Å². The van der Waals surface area contributed by atoms with Gasteiger partial charge in [0.2, 0.25) is 12.2 Å². The van der Waals surface area contributed by atoms with Gasteiger partial charge in [0.1, 0.15) is 0 Å². The quantitative estimate of drug-likeness (QED) is 0.252. The van der Waals surface area contributed by atoms with Crippen LogP contribution in [0.3, 0.4) is 0 Å². The van der Waals surface area contributed by atoms with Gasteiger partial charge in [-0.2, -0.15) is 11.3 Å². The second-order valence-corrected chi connectivity index (χ2v) is 8.91. The molecule has 0 aliphatic carbocycles. The fourth-order valence-electron chi connectivity index (χ4n) is 3.59. The minimum absolute atomic E-state index is 0.0395. The van der Waals surface area contributed by atoms with Crippen molar-refractivity contribution >= 4 is 34.5 Å². The summed E-state index contributed by atoms with van der Waals surface area (Å²) in [6, 6.07) is 9.17. The molecule has 0 spiro atoms. The van der Waals surface area contributed by atoms with Crippen LogP contribution < -0.4 is 16.4 Å². The summed E-state index contributed by atoms with van der Waals surface area (Å²) < 4.78 is 11.6. The molecule has 1 aliphatic rings. The molecule has 5 N–H and O–H groups in total. The Kier molecular flexibility index (Phi) is 10.4. The number of carbonyl (C=O) groups is 2. The molecule has 0 fully saturated rings. The monoisotopic (exact) mass is 487 g/mol. The minimum Gasteiger partial charge on any atom is -0.459 e. The molecule has 1 aliphatic heterocycles. The molecule has 2 aromatic rings. The fourth-order valence-corrected chi connectivity index (χ4v) is 4.31. The van der Waals surface area contributed by atoms with Crippen molar-refractivity contribution < 1.29 is 24.2 Å². The molecule has 0 unspecified atom stereocenters. The van der Waals surface area contributed by atoms with Gasteiger partial charge in [0, 0.05) is 31.9 Å². The molecule has 34 heavy (non-hydrogen) atoms. The van der Waals surface area contributed by atoms with Crippen molar-refractivity contribution in [1.29, 1.82) is 0 Å². The average Bonchev–Trinajstić information content (AvgIpc) is 3.38. The third kappa shape index (κ3) is 8.16. The number of benzene rings is 1. The fraction of sp³-hybridized carbons (Fsp3) is 0.440. The maximum atomic E-state index is 12.7. The molecule has 2 amide bonds. The molecule has 184 valence electrons. The number of hydrogen-bond acceptors (Lipinski definition) is 7. The first-order chi connectivity index (χ1) is 16.6. The Balaban J connectivity index is 1.43. The summed E-state index contributed by atoms with van der Waals surface area (Å²) in [4.78, 5) is 24.8. The average molecular weight is 488 g/mol. The van der Waals surface area contributed by atoms with E-state index in [-0.39, 0.29) is 30.1 Å². The van der Waals surface area contributed by atoms with E-state index in [1.54, 1.807) is 23.5 Å². The van der Waals surface area contributed by atoms with Crippen LogP contribution >= 0.6 is 11.3 Å². The summed E-state index contributed by atoms with van der Waals surface area (Å²) in [7, 11) is 0. The number of anilines is 2. The Morgan fingerprint density at radius 1 is 1.18 bits per heavy atom. The Labute approximate surface area is 204 Å². The molecule has 1 aromatic carbocycles. The van der Waals surface area contributed by atoms with Gasteiger partial charge in [-0.1, -0.05) is 12.1 Å². The van der Waals surface area contributed by atoms with Gasteiger partial charge in [-0.3, -0.25) is 9.59 Å². The van der Waals surface area contributed by atoms with E-state index >= 15 is 0 Å². The van der Waals surface area contributed by atoms with Crippen LogP contribution in [0, 0.1) is 0 Å². The number of amides is 2. The SMILES string of the molecule is Nc1ccccc1NC(=O)CCCCNC(=O)C1=C[C@H](c2ccsc2)C[C@H](OCCCCO)O1. The van der Waals surface area contributed by atoms with E-state index in [9.17, 15) is 9.59 Å². The Bertz CT molecular complexity index is 948. The maximum absolute atomic E-state index is 12.7. The van der Waals surface area contributed by atoms with Crippen LogP contribution in [0.25, 0.3) is 0 Å². The van der Waals surface area contributed by atoms with Crippen LogP contribution in [0.15, 0.2) is 52.9 Å². The number of hydrogen-bond donors (Lipinski definition) is 4. The number of allylic oxidation sites excluding steroid dienone is 1. The van der Waals surface area contributed by atoms with E-state index in [1.165, 1.54) is 0 Å². The molecule has 2 atom stereocenters. The van der Waals surface area contributed by atoms with Gasteiger partial charge in [0.05, 0.1) is 18.0 Å². The van der Waals surface area contributed by atoms with E-state index in [1.807, 2.05) is 29.7 Å². The topological polar surface area (TPSA) is 123 Å².